The number of nitrogens with zero attached hydrogens (tertiary/aromatic N) is 5. The average molecular weight is 465 g/mol. The monoisotopic (exact) mass is 464 g/mol. The number of carboxylic acids is 1. The van der Waals surface area contributed by atoms with Crippen LogP contribution >= 0.6 is 11.6 Å². The van der Waals surface area contributed by atoms with E-state index in [1.807, 2.05) is 6.07 Å². The Morgan fingerprint density at radius 2 is 1.97 bits per heavy atom. The quantitative estimate of drug-likeness (QED) is 0.444. The Kier molecular flexibility index (Phi) is 4.86. The SMILES string of the molecule is O=C(O)C1C2CCC(CC2)C1Cc1cc(-c2ncco2)nc(-c2[nH]nc3ncc(Cl)cc23)n1. The molecular formula is C23H21ClN6O3. The molecule has 3 aliphatic carbocycles. The Bertz CT molecular complexity index is 1330. The van der Waals surface area contributed by atoms with Crippen LogP contribution in [0.25, 0.3) is 34.1 Å². The molecule has 4 aromatic heterocycles. The molecule has 3 fully saturated rings. The summed E-state index contributed by atoms with van der Waals surface area (Å²) in [5.41, 5.74) is 2.39. The first-order valence-corrected chi connectivity index (χ1v) is 11.4. The van der Waals surface area contributed by atoms with Gasteiger partial charge in [-0.25, -0.2) is 19.9 Å². The first-order chi connectivity index (χ1) is 16.1. The summed E-state index contributed by atoms with van der Waals surface area (Å²) < 4.78 is 5.50. The molecule has 2 atom stereocenters. The minimum absolute atomic E-state index is 0.0461. The first-order valence-electron chi connectivity index (χ1n) is 11.1. The number of carbonyl (C=O) groups is 1. The second-order valence-electron chi connectivity index (χ2n) is 8.94. The summed E-state index contributed by atoms with van der Waals surface area (Å²) in [5.74, 6) is 0.448. The zero-order chi connectivity index (χ0) is 22.5. The van der Waals surface area contributed by atoms with E-state index in [0.717, 1.165) is 31.4 Å². The highest BCUT2D eigenvalue weighted by Crippen LogP contribution is 2.50. The molecule has 33 heavy (non-hydrogen) atoms. The van der Waals surface area contributed by atoms with Crippen LogP contribution in [0.1, 0.15) is 31.4 Å². The molecule has 0 amide bonds. The fourth-order valence-corrected chi connectivity index (χ4v) is 5.87. The van der Waals surface area contributed by atoms with Gasteiger partial charge in [0.15, 0.2) is 11.5 Å². The third kappa shape index (κ3) is 3.56. The lowest BCUT2D eigenvalue weighted by atomic mass is 9.57. The van der Waals surface area contributed by atoms with Gasteiger partial charge in [0.1, 0.15) is 17.7 Å². The molecule has 0 aliphatic heterocycles. The number of rotatable bonds is 5. The number of carboxylic acid groups (broad SMARTS) is 1. The van der Waals surface area contributed by atoms with Crippen LogP contribution in [0.2, 0.25) is 5.02 Å². The number of aromatic nitrogens is 6. The predicted molar refractivity (Wildman–Crippen MR) is 119 cm³/mol. The van der Waals surface area contributed by atoms with Crippen molar-refractivity contribution in [3.8, 4) is 23.1 Å². The smallest absolute Gasteiger partial charge is 0.307 e. The van der Waals surface area contributed by atoms with Crippen molar-refractivity contribution >= 4 is 28.6 Å². The molecule has 9 nitrogen and oxygen atoms in total. The minimum atomic E-state index is -0.697. The van der Waals surface area contributed by atoms with Gasteiger partial charge in [-0.05, 0) is 62.0 Å². The molecule has 2 bridgehead atoms. The number of aliphatic carboxylic acids is 1. The normalized spacial score (nSPS) is 24.4. The minimum Gasteiger partial charge on any atom is -0.481 e. The Morgan fingerprint density at radius 1 is 1.15 bits per heavy atom. The van der Waals surface area contributed by atoms with Crippen LogP contribution in [-0.4, -0.2) is 41.2 Å². The van der Waals surface area contributed by atoms with E-state index >= 15 is 0 Å². The molecule has 0 saturated heterocycles. The number of H-pyrrole nitrogens is 1. The van der Waals surface area contributed by atoms with Gasteiger partial charge in [0.25, 0.3) is 0 Å². The summed E-state index contributed by atoms with van der Waals surface area (Å²) in [4.78, 5) is 30.1. The maximum absolute atomic E-state index is 12.1. The Labute approximate surface area is 193 Å². The number of fused-ring (bicyclic) bond motifs is 4. The molecule has 4 heterocycles. The number of oxazole rings is 1. The number of nitrogens with one attached hydrogen (secondary N) is 1. The molecular weight excluding hydrogens is 444 g/mol. The van der Waals surface area contributed by atoms with Crippen LogP contribution in [0.4, 0.5) is 0 Å². The fraction of sp³-hybridized carbons (Fsp3) is 0.391. The number of hydrogen-bond acceptors (Lipinski definition) is 7. The summed E-state index contributed by atoms with van der Waals surface area (Å²) in [6.45, 7) is 0. The van der Waals surface area contributed by atoms with Crippen molar-refractivity contribution in [2.75, 3.05) is 0 Å². The summed E-state index contributed by atoms with van der Waals surface area (Å²) in [7, 11) is 0. The second-order valence-corrected chi connectivity index (χ2v) is 9.37. The maximum Gasteiger partial charge on any atom is 0.307 e. The third-order valence-electron chi connectivity index (χ3n) is 7.15. The van der Waals surface area contributed by atoms with Gasteiger partial charge in [-0.2, -0.15) is 5.10 Å². The van der Waals surface area contributed by atoms with Crippen molar-refractivity contribution in [2.45, 2.75) is 32.1 Å². The van der Waals surface area contributed by atoms with Crippen LogP contribution in [0.15, 0.2) is 35.2 Å². The van der Waals surface area contributed by atoms with E-state index in [1.54, 1.807) is 12.3 Å². The Hall–Kier alpha value is -3.33. The topological polar surface area (TPSA) is 131 Å². The van der Waals surface area contributed by atoms with Gasteiger partial charge in [0.05, 0.1) is 22.5 Å². The van der Waals surface area contributed by atoms with Crippen molar-refractivity contribution < 1.29 is 14.3 Å². The molecule has 3 aliphatic rings. The van der Waals surface area contributed by atoms with E-state index in [-0.39, 0.29) is 17.8 Å². The van der Waals surface area contributed by atoms with Crippen LogP contribution in [-0.2, 0) is 11.2 Å². The van der Waals surface area contributed by atoms with Crippen molar-refractivity contribution in [3.05, 3.63) is 41.5 Å². The summed E-state index contributed by atoms with van der Waals surface area (Å²) in [5, 5.41) is 18.4. The van der Waals surface area contributed by atoms with E-state index in [4.69, 9.17) is 21.0 Å². The molecule has 0 radical (unpaired) electrons. The molecule has 168 valence electrons. The van der Waals surface area contributed by atoms with Crippen LogP contribution in [0.5, 0.6) is 0 Å². The van der Waals surface area contributed by atoms with Crippen molar-refractivity contribution in [2.24, 2.45) is 23.7 Å². The third-order valence-corrected chi connectivity index (χ3v) is 7.36. The molecule has 0 aromatic carbocycles. The van der Waals surface area contributed by atoms with Crippen LogP contribution in [0.3, 0.4) is 0 Å². The summed E-state index contributed by atoms with van der Waals surface area (Å²) in [6.07, 6.45) is 9.32. The molecule has 4 aromatic rings. The lowest BCUT2D eigenvalue weighted by Gasteiger charge is -2.46. The average Bonchev–Trinajstić information content (AvgIpc) is 3.49. The fourth-order valence-electron chi connectivity index (χ4n) is 5.71. The lowest BCUT2D eigenvalue weighted by molar-refractivity contribution is -0.152. The maximum atomic E-state index is 12.1. The van der Waals surface area contributed by atoms with E-state index in [1.165, 1.54) is 12.5 Å². The predicted octanol–water partition coefficient (Wildman–Crippen LogP) is 4.40. The molecule has 7 rings (SSSR count). The van der Waals surface area contributed by atoms with E-state index in [2.05, 4.69) is 25.1 Å². The molecule has 2 N–H and O–H groups in total. The highest BCUT2D eigenvalue weighted by Gasteiger charge is 2.47. The van der Waals surface area contributed by atoms with Crippen LogP contribution < -0.4 is 0 Å². The molecule has 10 heteroatoms. The zero-order valence-corrected chi connectivity index (χ0v) is 18.4. The van der Waals surface area contributed by atoms with Crippen molar-refractivity contribution in [1.82, 2.24) is 30.1 Å². The van der Waals surface area contributed by atoms with E-state index in [0.29, 0.717) is 51.5 Å². The number of halogens is 1. The van der Waals surface area contributed by atoms with Gasteiger partial charge >= 0.3 is 5.97 Å². The lowest BCUT2D eigenvalue weighted by Crippen LogP contribution is -2.45. The zero-order valence-electron chi connectivity index (χ0n) is 17.6. The second kappa shape index (κ2) is 7.91. The number of hydrogen-bond donors (Lipinski definition) is 2. The van der Waals surface area contributed by atoms with Gasteiger partial charge in [0, 0.05) is 11.9 Å². The van der Waals surface area contributed by atoms with Gasteiger partial charge in [-0.1, -0.05) is 11.6 Å². The summed E-state index contributed by atoms with van der Waals surface area (Å²) in [6, 6.07) is 3.62. The van der Waals surface area contributed by atoms with Gasteiger partial charge in [0.2, 0.25) is 5.89 Å². The van der Waals surface area contributed by atoms with Gasteiger partial charge in [-0.3, -0.25) is 9.89 Å². The van der Waals surface area contributed by atoms with Crippen molar-refractivity contribution in [1.29, 1.82) is 0 Å². The highest BCUT2D eigenvalue weighted by atomic mass is 35.5. The van der Waals surface area contributed by atoms with E-state index in [9.17, 15) is 9.90 Å². The molecule has 3 saturated carbocycles. The first kappa shape index (κ1) is 20.3. The van der Waals surface area contributed by atoms with Crippen molar-refractivity contribution in [3.63, 3.8) is 0 Å². The summed E-state index contributed by atoms with van der Waals surface area (Å²) >= 11 is 6.16. The molecule has 0 spiro atoms. The number of aromatic amines is 1. The van der Waals surface area contributed by atoms with Gasteiger partial charge < -0.3 is 9.52 Å². The van der Waals surface area contributed by atoms with Gasteiger partial charge in [-0.15, -0.1) is 0 Å². The standard InChI is InChI=1S/C23H21ClN6O3/c24-13-7-16-19(29-30-20(16)26-10-13)21-27-14(9-17(28-21)22-25-5-6-33-22)8-15-11-1-3-12(4-2-11)18(15)23(31)32/h5-7,9-12,15,18H,1-4,8H2,(H,31,32)(H,26,29,30). The molecule has 2 unspecified atom stereocenters. The largest absolute Gasteiger partial charge is 0.481 e. The Balaban J connectivity index is 1.45. The highest BCUT2D eigenvalue weighted by molar-refractivity contribution is 6.31. The van der Waals surface area contributed by atoms with E-state index < -0.39 is 5.97 Å². The Morgan fingerprint density at radius 3 is 2.73 bits per heavy atom. The van der Waals surface area contributed by atoms with Crippen LogP contribution in [0, 0.1) is 23.7 Å². The number of pyridine rings is 1.